The predicted molar refractivity (Wildman–Crippen MR) is 124 cm³/mol. The van der Waals surface area contributed by atoms with E-state index in [2.05, 4.69) is 15.5 Å². The summed E-state index contributed by atoms with van der Waals surface area (Å²) in [4.78, 5) is 18.8. The number of carbonyl (C=O) groups excluding carboxylic acids is 1. The van der Waals surface area contributed by atoms with E-state index in [1.807, 2.05) is 30.3 Å². The summed E-state index contributed by atoms with van der Waals surface area (Å²) in [6.45, 7) is 2.81. The van der Waals surface area contributed by atoms with E-state index in [-0.39, 0.29) is 23.3 Å². The number of amides is 1. The Morgan fingerprint density at radius 1 is 1.24 bits per heavy atom. The third-order valence-electron chi connectivity index (χ3n) is 6.14. The van der Waals surface area contributed by atoms with Crippen molar-refractivity contribution in [3.05, 3.63) is 52.7 Å². The van der Waals surface area contributed by atoms with Gasteiger partial charge in [-0.1, -0.05) is 35.5 Å². The summed E-state index contributed by atoms with van der Waals surface area (Å²) in [5.41, 5.74) is 1.01. The van der Waals surface area contributed by atoms with Gasteiger partial charge >= 0.3 is 0 Å². The van der Waals surface area contributed by atoms with E-state index in [9.17, 15) is 13.2 Å². The Balaban J connectivity index is 1.28. The van der Waals surface area contributed by atoms with E-state index in [1.165, 1.54) is 15.6 Å². The average molecular weight is 487 g/mol. The number of nitrogens with zero attached hydrogens (tertiary/aromatic N) is 3. The first-order valence-electron chi connectivity index (χ1n) is 11.2. The number of benzene rings is 1. The maximum Gasteiger partial charge on any atom is 0.244 e. The van der Waals surface area contributed by atoms with E-state index >= 15 is 0 Å². The summed E-state index contributed by atoms with van der Waals surface area (Å²) >= 11 is 1.35. The Kier molecular flexibility index (Phi) is 6.07. The number of hydrogen-bond donors (Lipinski definition) is 1. The second-order valence-corrected chi connectivity index (χ2v) is 11.8. The predicted octanol–water partition coefficient (Wildman–Crippen LogP) is 3.70. The van der Waals surface area contributed by atoms with Crippen molar-refractivity contribution in [2.45, 2.75) is 50.0 Å². The number of aryl methyl sites for hydroxylation is 1. The van der Waals surface area contributed by atoms with Crippen LogP contribution in [0.3, 0.4) is 0 Å². The molecule has 2 aliphatic rings. The van der Waals surface area contributed by atoms with Crippen LogP contribution in [0, 0.1) is 12.8 Å². The molecule has 2 aromatic heterocycles. The largest absolute Gasteiger partial charge is 0.352 e. The van der Waals surface area contributed by atoms with Gasteiger partial charge in [0.05, 0.1) is 15.7 Å². The summed E-state index contributed by atoms with van der Waals surface area (Å²) in [6, 6.07) is 11.3. The molecule has 0 spiro atoms. The molecule has 10 heteroatoms. The lowest BCUT2D eigenvalue weighted by atomic mass is 9.99. The first-order valence-corrected chi connectivity index (χ1v) is 13.4. The molecule has 1 atom stereocenters. The SMILES string of the molecule is Cc1sc(-c2noc(C3CC3)n2)cc1S(=O)(=O)N1CCC[C@@H](C(=O)NCc2ccccc2)C1. The smallest absolute Gasteiger partial charge is 0.244 e. The fourth-order valence-corrected chi connectivity index (χ4v) is 7.12. The lowest BCUT2D eigenvalue weighted by molar-refractivity contribution is -0.126. The third kappa shape index (κ3) is 4.73. The number of thiophene rings is 1. The van der Waals surface area contributed by atoms with Crippen molar-refractivity contribution >= 4 is 27.3 Å². The van der Waals surface area contributed by atoms with Gasteiger partial charge in [0, 0.05) is 30.4 Å². The highest BCUT2D eigenvalue weighted by molar-refractivity contribution is 7.89. The molecule has 0 unspecified atom stereocenters. The maximum absolute atomic E-state index is 13.5. The molecule has 1 amide bonds. The number of piperidine rings is 1. The van der Waals surface area contributed by atoms with Gasteiger partial charge in [-0.15, -0.1) is 11.3 Å². The van der Waals surface area contributed by atoms with Gasteiger partial charge in [-0.05, 0) is 44.2 Å². The highest BCUT2D eigenvalue weighted by atomic mass is 32.2. The monoisotopic (exact) mass is 486 g/mol. The molecule has 1 saturated carbocycles. The molecule has 1 N–H and O–H groups in total. The molecule has 33 heavy (non-hydrogen) atoms. The second-order valence-electron chi connectivity index (χ2n) is 8.67. The van der Waals surface area contributed by atoms with Gasteiger partial charge in [-0.25, -0.2) is 8.42 Å². The summed E-state index contributed by atoms with van der Waals surface area (Å²) < 4.78 is 33.7. The zero-order valence-corrected chi connectivity index (χ0v) is 20.0. The van der Waals surface area contributed by atoms with Gasteiger partial charge in [0.25, 0.3) is 0 Å². The average Bonchev–Trinajstić information content (AvgIpc) is 3.42. The number of hydrogen-bond acceptors (Lipinski definition) is 7. The van der Waals surface area contributed by atoms with Crippen LogP contribution in [0.5, 0.6) is 0 Å². The Morgan fingerprint density at radius 2 is 2.03 bits per heavy atom. The standard InChI is InChI=1S/C23H26N4O4S2/c1-15-20(12-19(32-15)21-25-23(31-26-21)17-9-10-17)33(29,30)27-11-5-8-18(14-27)22(28)24-13-16-6-3-2-4-7-16/h2-4,6-7,12,17-18H,5,8-11,13-14H2,1H3,(H,24,28)/t18-/m1/s1. The molecule has 174 valence electrons. The molecule has 1 aromatic carbocycles. The molecule has 8 nitrogen and oxygen atoms in total. The minimum Gasteiger partial charge on any atom is -0.352 e. The van der Waals surface area contributed by atoms with Crippen molar-refractivity contribution in [2.24, 2.45) is 5.92 Å². The Labute approximate surface area is 197 Å². The second kappa shape index (κ2) is 9.00. The fourth-order valence-electron chi connectivity index (χ4n) is 4.11. The molecule has 0 radical (unpaired) electrons. The van der Waals surface area contributed by atoms with Crippen molar-refractivity contribution in [3.63, 3.8) is 0 Å². The molecular formula is C23H26N4O4S2. The molecule has 1 aliphatic heterocycles. The highest BCUT2D eigenvalue weighted by Crippen LogP contribution is 2.41. The van der Waals surface area contributed by atoms with Gasteiger partial charge < -0.3 is 9.84 Å². The minimum atomic E-state index is -3.73. The van der Waals surface area contributed by atoms with Crippen molar-refractivity contribution in [1.29, 1.82) is 0 Å². The Morgan fingerprint density at radius 3 is 2.79 bits per heavy atom. The summed E-state index contributed by atoms with van der Waals surface area (Å²) in [5.74, 6) is 0.924. The highest BCUT2D eigenvalue weighted by Gasteiger charge is 2.35. The lowest BCUT2D eigenvalue weighted by Gasteiger charge is -2.31. The van der Waals surface area contributed by atoms with Crippen LogP contribution in [0.2, 0.25) is 0 Å². The molecular weight excluding hydrogens is 460 g/mol. The van der Waals surface area contributed by atoms with Crippen LogP contribution in [0.15, 0.2) is 45.8 Å². The van der Waals surface area contributed by atoms with Crippen LogP contribution in [-0.2, 0) is 21.4 Å². The molecule has 5 rings (SSSR count). The van der Waals surface area contributed by atoms with Crippen molar-refractivity contribution in [1.82, 2.24) is 19.8 Å². The van der Waals surface area contributed by atoms with Crippen molar-refractivity contribution < 1.29 is 17.7 Å². The van der Waals surface area contributed by atoms with Gasteiger partial charge in [0.15, 0.2) is 0 Å². The van der Waals surface area contributed by atoms with Crippen LogP contribution >= 0.6 is 11.3 Å². The third-order valence-corrected chi connectivity index (χ3v) is 9.31. The van der Waals surface area contributed by atoms with E-state index in [4.69, 9.17) is 4.52 Å². The molecule has 2 fully saturated rings. The van der Waals surface area contributed by atoms with E-state index in [1.54, 1.807) is 13.0 Å². The van der Waals surface area contributed by atoms with Gasteiger partial charge in [-0.3, -0.25) is 4.79 Å². The first kappa shape index (κ1) is 22.2. The zero-order chi connectivity index (χ0) is 23.0. The normalized spacial score (nSPS) is 19.5. The van der Waals surface area contributed by atoms with Crippen molar-refractivity contribution in [3.8, 4) is 10.7 Å². The van der Waals surface area contributed by atoms with Gasteiger partial charge in [-0.2, -0.15) is 9.29 Å². The van der Waals surface area contributed by atoms with E-state index in [0.717, 1.165) is 18.4 Å². The topological polar surface area (TPSA) is 105 Å². The summed E-state index contributed by atoms with van der Waals surface area (Å²) in [5, 5.41) is 6.99. The molecule has 3 aromatic rings. The summed E-state index contributed by atoms with van der Waals surface area (Å²) in [6.07, 6.45) is 3.43. The van der Waals surface area contributed by atoms with Crippen molar-refractivity contribution in [2.75, 3.05) is 13.1 Å². The number of rotatable bonds is 7. The molecule has 0 bridgehead atoms. The number of nitrogens with one attached hydrogen (secondary N) is 1. The molecule has 3 heterocycles. The Hall–Kier alpha value is -2.56. The Bertz CT molecular complexity index is 1250. The van der Waals surface area contributed by atoms with Crippen LogP contribution < -0.4 is 5.32 Å². The van der Waals surface area contributed by atoms with Crippen LogP contribution in [0.1, 0.15) is 47.9 Å². The van der Waals surface area contributed by atoms with E-state index in [0.29, 0.717) is 53.3 Å². The molecule has 1 saturated heterocycles. The molecule has 1 aliphatic carbocycles. The first-order chi connectivity index (χ1) is 15.9. The number of sulfonamides is 1. The van der Waals surface area contributed by atoms with Gasteiger partial charge in [0.1, 0.15) is 0 Å². The lowest BCUT2D eigenvalue weighted by Crippen LogP contribution is -2.45. The minimum absolute atomic E-state index is 0.110. The van der Waals surface area contributed by atoms with Crippen LogP contribution in [0.25, 0.3) is 10.7 Å². The quantitative estimate of drug-likeness (QED) is 0.546. The fraction of sp³-hybridized carbons (Fsp3) is 0.435. The maximum atomic E-state index is 13.5. The van der Waals surface area contributed by atoms with Gasteiger partial charge in [0.2, 0.25) is 27.6 Å². The van der Waals surface area contributed by atoms with Crippen LogP contribution in [0.4, 0.5) is 0 Å². The number of carbonyl (C=O) groups is 1. The van der Waals surface area contributed by atoms with Crippen LogP contribution in [-0.4, -0.2) is 41.9 Å². The van der Waals surface area contributed by atoms with E-state index < -0.39 is 10.0 Å². The zero-order valence-electron chi connectivity index (χ0n) is 18.4. The summed E-state index contributed by atoms with van der Waals surface area (Å²) in [7, 11) is -3.73. The number of aromatic nitrogens is 2.